The van der Waals surface area contributed by atoms with Crippen molar-refractivity contribution in [3.8, 4) is 10.6 Å². The molecule has 1 atom stereocenters. The van der Waals surface area contributed by atoms with Crippen molar-refractivity contribution in [1.82, 2.24) is 15.1 Å². The van der Waals surface area contributed by atoms with Crippen LogP contribution in [0.15, 0.2) is 41.8 Å². The second-order valence-electron chi connectivity index (χ2n) is 9.97. The Bertz CT molecular complexity index is 1190. The number of hydrogen-bond acceptors (Lipinski definition) is 4. The molecular formula is C27H32N4O2S. The normalized spacial score (nSPS) is 21.3. The van der Waals surface area contributed by atoms with Gasteiger partial charge in [-0.1, -0.05) is 37.8 Å². The van der Waals surface area contributed by atoms with Crippen LogP contribution in [0.5, 0.6) is 0 Å². The van der Waals surface area contributed by atoms with Crippen molar-refractivity contribution >= 4 is 28.8 Å². The van der Waals surface area contributed by atoms with Crippen LogP contribution in [0.25, 0.3) is 10.6 Å². The first-order valence-corrected chi connectivity index (χ1v) is 13.1. The first-order valence-electron chi connectivity index (χ1n) is 12.2. The van der Waals surface area contributed by atoms with Gasteiger partial charge in [0.05, 0.1) is 11.4 Å². The molecule has 1 fully saturated rings. The molecule has 1 aromatic carbocycles. The van der Waals surface area contributed by atoms with Gasteiger partial charge in [0.15, 0.2) is 0 Å². The third kappa shape index (κ3) is 4.17. The van der Waals surface area contributed by atoms with Gasteiger partial charge in [0, 0.05) is 11.7 Å². The van der Waals surface area contributed by atoms with E-state index in [1.165, 1.54) is 12.8 Å². The van der Waals surface area contributed by atoms with E-state index in [2.05, 4.69) is 11.4 Å². The van der Waals surface area contributed by atoms with Crippen molar-refractivity contribution in [3.63, 3.8) is 0 Å². The van der Waals surface area contributed by atoms with Crippen LogP contribution in [0.3, 0.4) is 0 Å². The molecule has 0 unspecified atom stereocenters. The van der Waals surface area contributed by atoms with Gasteiger partial charge in [0.25, 0.3) is 5.91 Å². The maximum atomic E-state index is 14.0. The third-order valence-electron chi connectivity index (χ3n) is 7.07. The smallest absolute Gasteiger partial charge is 0.277 e. The Morgan fingerprint density at radius 3 is 2.44 bits per heavy atom. The number of aryl methyl sites for hydroxylation is 2. The van der Waals surface area contributed by atoms with Crippen LogP contribution in [0.2, 0.25) is 0 Å². The molecule has 2 aromatic heterocycles. The first kappa shape index (κ1) is 22.8. The van der Waals surface area contributed by atoms with Crippen LogP contribution < -0.4 is 10.2 Å². The summed E-state index contributed by atoms with van der Waals surface area (Å²) in [5.74, 6) is -0.296. The summed E-state index contributed by atoms with van der Waals surface area (Å²) in [4.78, 5) is 30.6. The van der Waals surface area contributed by atoms with Crippen molar-refractivity contribution < 1.29 is 9.59 Å². The highest BCUT2D eigenvalue weighted by atomic mass is 32.1. The monoisotopic (exact) mass is 476 g/mol. The number of hydrogen-bond donors (Lipinski definition) is 1. The average molecular weight is 477 g/mol. The van der Waals surface area contributed by atoms with Crippen molar-refractivity contribution in [1.29, 1.82) is 0 Å². The van der Waals surface area contributed by atoms with Crippen LogP contribution >= 0.6 is 11.3 Å². The highest BCUT2D eigenvalue weighted by molar-refractivity contribution is 7.13. The first-order chi connectivity index (χ1) is 16.3. The molecule has 1 saturated carbocycles. The minimum absolute atomic E-state index is 0.106. The number of nitrogens with one attached hydrogen (secondary N) is 1. The maximum Gasteiger partial charge on any atom is 0.277 e. The number of fused-ring (bicyclic) bond motifs is 1. The van der Waals surface area contributed by atoms with Gasteiger partial charge in [-0.3, -0.25) is 19.2 Å². The highest BCUT2D eigenvalue weighted by Crippen LogP contribution is 2.36. The summed E-state index contributed by atoms with van der Waals surface area (Å²) in [7, 11) is 0. The van der Waals surface area contributed by atoms with Crippen molar-refractivity contribution in [2.24, 2.45) is 0 Å². The number of nitrogens with zero attached hydrogens (tertiary/aromatic N) is 3. The van der Waals surface area contributed by atoms with E-state index in [1.807, 2.05) is 56.5 Å². The Morgan fingerprint density at radius 1 is 1.09 bits per heavy atom. The van der Waals surface area contributed by atoms with E-state index in [4.69, 9.17) is 5.10 Å². The predicted octanol–water partition coefficient (Wildman–Crippen LogP) is 5.49. The van der Waals surface area contributed by atoms with Gasteiger partial charge in [0.2, 0.25) is 5.91 Å². The predicted molar refractivity (Wildman–Crippen MR) is 136 cm³/mol. The van der Waals surface area contributed by atoms with Crippen LogP contribution in [0.1, 0.15) is 67.1 Å². The van der Waals surface area contributed by atoms with E-state index in [1.54, 1.807) is 20.9 Å². The molecule has 0 saturated heterocycles. The van der Waals surface area contributed by atoms with Crippen LogP contribution in [0.4, 0.5) is 5.69 Å². The lowest BCUT2D eigenvalue weighted by atomic mass is 9.92. The van der Waals surface area contributed by atoms with Crippen molar-refractivity contribution in [2.45, 2.75) is 77.4 Å². The van der Waals surface area contributed by atoms with E-state index in [0.29, 0.717) is 12.2 Å². The summed E-state index contributed by atoms with van der Waals surface area (Å²) in [5, 5.41) is 10.1. The number of anilines is 1. The molecule has 3 heterocycles. The standard InChI is InChI=1S/C27H32N4O2S/c1-18-13-19(2)15-21(14-18)31-25(32)23-16-22(24-11-8-12-34-24)29-30(23)17-27(31,3)26(33)28-20-9-6-4-5-7-10-20/h8,11-16,20H,4-7,9-10,17H2,1-3H3,(H,28,33)/t27-/m1/s1. The van der Waals surface area contributed by atoms with Gasteiger partial charge < -0.3 is 5.32 Å². The largest absolute Gasteiger partial charge is 0.351 e. The fourth-order valence-electron chi connectivity index (χ4n) is 5.38. The number of carbonyl (C=O) groups is 2. The number of aromatic nitrogens is 2. The van der Waals surface area contributed by atoms with E-state index >= 15 is 0 Å². The zero-order chi connectivity index (χ0) is 23.9. The van der Waals surface area contributed by atoms with Gasteiger partial charge in [-0.05, 0) is 74.4 Å². The lowest BCUT2D eigenvalue weighted by molar-refractivity contribution is -0.127. The Hall–Kier alpha value is -2.93. The van der Waals surface area contributed by atoms with Gasteiger partial charge in [-0.25, -0.2) is 0 Å². The zero-order valence-electron chi connectivity index (χ0n) is 20.1. The molecular weight excluding hydrogens is 444 g/mol. The summed E-state index contributed by atoms with van der Waals surface area (Å²) < 4.78 is 1.73. The van der Waals surface area contributed by atoms with E-state index < -0.39 is 5.54 Å². The molecule has 3 aromatic rings. The van der Waals surface area contributed by atoms with E-state index in [9.17, 15) is 9.59 Å². The third-order valence-corrected chi connectivity index (χ3v) is 7.96. The molecule has 0 radical (unpaired) electrons. The molecule has 1 aliphatic heterocycles. The second-order valence-corrected chi connectivity index (χ2v) is 10.9. The van der Waals surface area contributed by atoms with Gasteiger partial charge in [0.1, 0.15) is 16.9 Å². The lowest BCUT2D eigenvalue weighted by Gasteiger charge is -2.44. The highest BCUT2D eigenvalue weighted by Gasteiger charge is 2.49. The number of benzene rings is 1. The molecule has 5 rings (SSSR count). The fraction of sp³-hybridized carbons (Fsp3) is 0.444. The molecule has 1 N–H and O–H groups in total. The molecule has 1 aliphatic carbocycles. The minimum atomic E-state index is -1.09. The summed E-state index contributed by atoms with van der Waals surface area (Å²) in [5.41, 5.74) is 3.08. The molecule has 7 heteroatoms. The number of amides is 2. The topological polar surface area (TPSA) is 67.2 Å². The Labute approximate surface area is 205 Å². The van der Waals surface area contributed by atoms with Crippen molar-refractivity contribution in [2.75, 3.05) is 4.90 Å². The summed E-state index contributed by atoms with van der Waals surface area (Å²) in [6.07, 6.45) is 6.70. The van der Waals surface area contributed by atoms with Crippen molar-refractivity contribution in [3.05, 3.63) is 58.6 Å². The van der Waals surface area contributed by atoms with E-state index in [0.717, 1.165) is 53.1 Å². The zero-order valence-corrected chi connectivity index (χ0v) is 21.0. The molecule has 0 spiro atoms. The SMILES string of the molecule is Cc1cc(C)cc(N2C(=O)c3cc(-c4cccs4)nn3C[C@]2(C)C(=O)NC2CCCCCC2)c1. The second kappa shape index (κ2) is 9.02. The Kier molecular flexibility index (Phi) is 6.06. The van der Waals surface area contributed by atoms with Crippen LogP contribution in [-0.2, 0) is 11.3 Å². The average Bonchev–Trinajstić information content (AvgIpc) is 3.38. The molecule has 6 nitrogen and oxygen atoms in total. The molecule has 2 aliphatic rings. The Morgan fingerprint density at radius 2 is 1.79 bits per heavy atom. The van der Waals surface area contributed by atoms with Gasteiger partial charge in [-0.15, -0.1) is 11.3 Å². The molecule has 34 heavy (non-hydrogen) atoms. The summed E-state index contributed by atoms with van der Waals surface area (Å²) in [6, 6.07) is 12.1. The number of rotatable bonds is 4. The molecule has 0 bridgehead atoms. The maximum absolute atomic E-state index is 14.0. The summed E-state index contributed by atoms with van der Waals surface area (Å²) in [6.45, 7) is 6.23. The quantitative estimate of drug-likeness (QED) is 0.507. The van der Waals surface area contributed by atoms with Gasteiger partial charge in [-0.2, -0.15) is 5.10 Å². The Balaban J connectivity index is 1.57. The summed E-state index contributed by atoms with van der Waals surface area (Å²) >= 11 is 1.59. The van der Waals surface area contributed by atoms with Gasteiger partial charge >= 0.3 is 0 Å². The minimum Gasteiger partial charge on any atom is -0.351 e. The van der Waals surface area contributed by atoms with Crippen LogP contribution in [0, 0.1) is 13.8 Å². The number of thiophene rings is 1. The fourth-order valence-corrected chi connectivity index (χ4v) is 6.06. The number of carbonyl (C=O) groups excluding carboxylic acids is 2. The van der Waals surface area contributed by atoms with Crippen LogP contribution in [-0.4, -0.2) is 33.2 Å². The molecule has 178 valence electrons. The van der Waals surface area contributed by atoms with E-state index in [-0.39, 0.29) is 17.9 Å². The lowest BCUT2D eigenvalue weighted by Crippen LogP contribution is -2.65. The molecule has 2 amide bonds.